The summed E-state index contributed by atoms with van der Waals surface area (Å²) in [6.45, 7) is 4.17. The van der Waals surface area contributed by atoms with Crippen molar-refractivity contribution in [2.75, 3.05) is 6.54 Å². The van der Waals surface area contributed by atoms with Gasteiger partial charge in [0.05, 0.1) is 29.6 Å². The van der Waals surface area contributed by atoms with Crippen LogP contribution in [0.25, 0.3) is 0 Å². The van der Waals surface area contributed by atoms with Crippen LogP contribution in [-0.2, 0) is 31.0 Å². The highest BCUT2D eigenvalue weighted by Crippen LogP contribution is 2.26. The van der Waals surface area contributed by atoms with Crippen molar-refractivity contribution in [3.05, 3.63) is 52.8 Å². The van der Waals surface area contributed by atoms with E-state index >= 15 is 0 Å². The number of amides is 1. The Bertz CT molecular complexity index is 844. The third-order valence-corrected chi connectivity index (χ3v) is 5.55. The van der Waals surface area contributed by atoms with Crippen LogP contribution in [0.2, 0.25) is 0 Å². The normalized spacial score (nSPS) is 17.4. The fourth-order valence-electron chi connectivity index (χ4n) is 3.74. The molecule has 0 atom stereocenters. The molecule has 27 heavy (non-hydrogen) atoms. The van der Waals surface area contributed by atoms with Gasteiger partial charge in [0.1, 0.15) is 0 Å². The summed E-state index contributed by atoms with van der Waals surface area (Å²) in [6, 6.07) is 12.1. The molecule has 1 amide bonds. The van der Waals surface area contributed by atoms with Crippen LogP contribution < -0.4 is 5.32 Å². The maximum atomic E-state index is 12.0. The second-order valence-electron chi connectivity index (χ2n) is 7.57. The van der Waals surface area contributed by atoms with Crippen LogP contribution in [0.4, 0.5) is 0 Å². The average Bonchev–Trinajstić information content (AvgIpc) is 2.91. The van der Waals surface area contributed by atoms with E-state index < -0.39 is 0 Å². The average molecular weight is 363 g/mol. The number of carbonyl (C=O) groups is 1. The molecular formula is C21H25N5O. The molecule has 1 saturated carbocycles. The van der Waals surface area contributed by atoms with E-state index in [-0.39, 0.29) is 11.8 Å². The second-order valence-corrected chi connectivity index (χ2v) is 7.57. The van der Waals surface area contributed by atoms with Gasteiger partial charge in [0.25, 0.3) is 0 Å². The monoisotopic (exact) mass is 363 g/mol. The number of aryl methyl sites for hydroxylation is 1. The first-order valence-electron chi connectivity index (χ1n) is 9.76. The van der Waals surface area contributed by atoms with Crippen molar-refractivity contribution in [3.63, 3.8) is 0 Å². The van der Waals surface area contributed by atoms with Crippen molar-refractivity contribution in [1.29, 1.82) is 5.26 Å². The van der Waals surface area contributed by atoms with Crippen molar-refractivity contribution in [2.24, 2.45) is 5.92 Å². The third-order valence-electron chi connectivity index (χ3n) is 5.55. The number of rotatable bonds is 5. The van der Waals surface area contributed by atoms with E-state index in [1.807, 2.05) is 24.3 Å². The van der Waals surface area contributed by atoms with Crippen LogP contribution >= 0.6 is 0 Å². The van der Waals surface area contributed by atoms with Gasteiger partial charge in [-0.3, -0.25) is 14.4 Å². The lowest BCUT2D eigenvalue weighted by Gasteiger charge is -2.23. The minimum Gasteiger partial charge on any atom is -0.350 e. The molecular weight excluding hydrogens is 338 g/mol. The van der Waals surface area contributed by atoms with Crippen LogP contribution in [0.15, 0.2) is 30.3 Å². The van der Waals surface area contributed by atoms with E-state index in [1.165, 1.54) is 17.7 Å². The molecule has 1 aromatic carbocycles. The van der Waals surface area contributed by atoms with E-state index in [4.69, 9.17) is 5.26 Å². The molecule has 140 valence electrons. The van der Waals surface area contributed by atoms with Crippen LogP contribution in [0.5, 0.6) is 0 Å². The lowest BCUT2D eigenvalue weighted by Crippen LogP contribution is -2.34. The number of fused-ring (bicyclic) bond motifs is 1. The molecule has 0 spiro atoms. The van der Waals surface area contributed by atoms with Gasteiger partial charge in [0.15, 0.2) is 0 Å². The van der Waals surface area contributed by atoms with Gasteiger partial charge in [0, 0.05) is 32.1 Å². The molecule has 2 heterocycles. The summed E-state index contributed by atoms with van der Waals surface area (Å²) in [6.07, 6.45) is 4.27. The van der Waals surface area contributed by atoms with Crippen LogP contribution in [0.1, 0.15) is 48.2 Å². The Hall–Kier alpha value is -2.65. The van der Waals surface area contributed by atoms with Gasteiger partial charge in [-0.05, 0) is 43.0 Å². The maximum absolute atomic E-state index is 12.0. The summed E-state index contributed by atoms with van der Waals surface area (Å²) >= 11 is 0. The number of nitrogens with zero attached hydrogens (tertiary/aromatic N) is 4. The summed E-state index contributed by atoms with van der Waals surface area (Å²) in [5.74, 6) is 0.389. The van der Waals surface area contributed by atoms with Crippen molar-refractivity contribution >= 4 is 5.91 Å². The summed E-state index contributed by atoms with van der Waals surface area (Å²) in [5.41, 5.74) is 4.06. The van der Waals surface area contributed by atoms with E-state index in [1.54, 1.807) is 0 Å². The molecule has 2 aromatic rings. The summed E-state index contributed by atoms with van der Waals surface area (Å²) in [5, 5.41) is 16.7. The predicted molar refractivity (Wildman–Crippen MR) is 101 cm³/mol. The number of nitriles is 1. The largest absolute Gasteiger partial charge is 0.350 e. The lowest BCUT2D eigenvalue weighted by atomic mass is 9.85. The molecule has 0 saturated heterocycles. The van der Waals surface area contributed by atoms with E-state index in [2.05, 4.69) is 32.1 Å². The van der Waals surface area contributed by atoms with Gasteiger partial charge in [-0.1, -0.05) is 18.6 Å². The highest BCUT2D eigenvalue weighted by Gasteiger charge is 2.25. The fraction of sp³-hybridized carbons (Fsp3) is 0.476. The molecule has 1 N–H and O–H groups in total. The van der Waals surface area contributed by atoms with Crippen molar-refractivity contribution in [3.8, 4) is 6.07 Å². The smallest absolute Gasteiger partial charge is 0.223 e. The van der Waals surface area contributed by atoms with Crippen LogP contribution in [-0.4, -0.2) is 27.1 Å². The SMILES string of the molecule is N#Cc1ccc(CN2CCCn3nc(CNC(=O)C4CCC4)cc3C2)cc1. The highest BCUT2D eigenvalue weighted by atomic mass is 16.1. The molecule has 6 heteroatoms. The molecule has 2 aliphatic rings. The lowest BCUT2D eigenvalue weighted by molar-refractivity contribution is -0.127. The Balaban J connectivity index is 1.37. The molecule has 0 radical (unpaired) electrons. The van der Waals surface area contributed by atoms with Crippen LogP contribution in [0.3, 0.4) is 0 Å². The quantitative estimate of drug-likeness (QED) is 0.886. The Labute approximate surface area is 159 Å². The minimum atomic E-state index is 0.173. The minimum absolute atomic E-state index is 0.173. The first-order valence-corrected chi connectivity index (χ1v) is 9.76. The molecule has 1 fully saturated rings. The molecule has 1 aliphatic carbocycles. The zero-order valence-electron chi connectivity index (χ0n) is 15.5. The number of hydrogen-bond acceptors (Lipinski definition) is 4. The summed E-state index contributed by atoms with van der Waals surface area (Å²) < 4.78 is 2.09. The first-order chi connectivity index (χ1) is 13.2. The Kier molecular flexibility index (Phi) is 5.21. The number of aromatic nitrogens is 2. The summed E-state index contributed by atoms with van der Waals surface area (Å²) in [4.78, 5) is 14.4. The Morgan fingerprint density at radius 3 is 2.74 bits per heavy atom. The molecule has 6 nitrogen and oxygen atoms in total. The highest BCUT2D eigenvalue weighted by molar-refractivity contribution is 5.79. The van der Waals surface area contributed by atoms with Crippen molar-refractivity contribution in [2.45, 2.75) is 51.9 Å². The van der Waals surface area contributed by atoms with Gasteiger partial charge in [-0.2, -0.15) is 10.4 Å². The number of benzene rings is 1. The molecule has 1 aromatic heterocycles. The topological polar surface area (TPSA) is 74.0 Å². The molecule has 0 unspecified atom stereocenters. The van der Waals surface area contributed by atoms with Crippen molar-refractivity contribution < 1.29 is 4.79 Å². The molecule has 1 aliphatic heterocycles. The van der Waals surface area contributed by atoms with Gasteiger partial charge in [0.2, 0.25) is 5.91 Å². The van der Waals surface area contributed by atoms with Gasteiger partial charge >= 0.3 is 0 Å². The first kappa shape index (κ1) is 17.7. The Morgan fingerprint density at radius 1 is 1.22 bits per heavy atom. The van der Waals surface area contributed by atoms with E-state index in [0.717, 1.165) is 51.1 Å². The molecule has 4 rings (SSSR count). The van der Waals surface area contributed by atoms with Crippen LogP contribution in [0, 0.1) is 17.2 Å². The van der Waals surface area contributed by atoms with E-state index in [9.17, 15) is 4.79 Å². The number of hydrogen-bond donors (Lipinski definition) is 1. The van der Waals surface area contributed by atoms with Gasteiger partial charge in [-0.25, -0.2) is 0 Å². The summed E-state index contributed by atoms with van der Waals surface area (Å²) in [7, 11) is 0. The second kappa shape index (κ2) is 7.93. The van der Waals surface area contributed by atoms with Crippen molar-refractivity contribution in [1.82, 2.24) is 20.0 Å². The van der Waals surface area contributed by atoms with Gasteiger partial charge < -0.3 is 5.32 Å². The predicted octanol–water partition coefficient (Wildman–Crippen LogP) is 2.58. The van der Waals surface area contributed by atoms with Gasteiger partial charge in [-0.15, -0.1) is 0 Å². The van der Waals surface area contributed by atoms with E-state index in [0.29, 0.717) is 12.1 Å². The number of nitrogens with one attached hydrogen (secondary N) is 1. The maximum Gasteiger partial charge on any atom is 0.223 e. The zero-order valence-corrected chi connectivity index (χ0v) is 15.5. The zero-order chi connectivity index (χ0) is 18.6. The molecule has 0 bridgehead atoms. The fourth-order valence-corrected chi connectivity index (χ4v) is 3.74. The Morgan fingerprint density at radius 2 is 2.04 bits per heavy atom. The third kappa shape index (κ3) is 4.20. The standard InChI is InChI=1S/C21H25N5O/c22-12-16-5-7-17(8-6-16)14-25-9-2-10-26-20(15-25)11-19(24-26)13-23-21(27)18-3-1-4-18/h5-8,11,18H,1-4,9-10,13-15H2,(H,23,27). The number of carbonyl (C=O) groups excluding carboxylic acids is 1.